The lowest BCUT2D eigenvalue weighted by Crippen LogP contribution is -1.91. The van der Waals surface area contributed by atoms with Crippen LogP contribution >= 0.6 is 15.9 Å². The van der Waals surface area contributed by atoms with Gasteiger partial charge in [-0.1, -0.05) is 30.3 Å². The summed E-state index contributed by atoms with van der Waals surface area (Å²) in [5, 5.41) is 1.00. The van der Waals surface area contributed by atoms with Crippen LogP contribution in [0.1, 0.15) is 27.2 Å². The third kappa shape index (κ3) is 2.29. The molecule has 0 atom stereocenters. The Kier molecular flexibility index (Phi) is 3.45. The fourth-order valence-corrected chi connectivity index (χ4v) is 3.09. The fourth-order valence-electron chi connectivity index (χ4n) is 2.44. The second kappa shape index (κ2) is 5.25. The van der Waals surface area contributed by atoms with Crippen LogP contribution in [-0.2, 0) is 6.42 Å². The zero-order valence-corrected chi connectivity index (χ0v) is 12.6. The van der Waals surface area contributed by atoms with Crippen molar-refractivity contribution in [3.05, 3.63) is 69.4 Å². The molecule has 3 rings (SSSR count). The molecular weight excluding hydrogens is 316 g/mol. The third-order valence-electron chi connectivity index (χ3n) is 3.35. The van der Waals surface area contributed by atoms with Crippen LogP contribution in [-0.4, -0.2) is 6.29 Å². The predicted octanol–water partition coefficient (Wildman–Crippen LogP) is 4.91. The van der Waals surface area contributed by atoms with Gasteiger partial charge in [-0.3, -0.25) is 4.79 Å². The van der Waals surface area contributed by atoms with Gasteiger partial charge in [-0.25, -0.2) is 0 Å². The van der Waals surface area contributed by atoms with Crippen LogP contribution in [0.2, 0.25) is 0 Å². The molecule has 2 nitrogen and oxygen atoms in total. The SMILES string of the molecule is Cc1cc(Br)c2oc(C=O)c(Cc3ccccc3)c2c1. The van der Waals surface area contributed by atoms with Gasteiger partial charge >= 0.3 is 0 Å². The number of aldehydes is 1. The van der Waals surface area contributed by atoms with Crippen LogP contribution < -0.4 is 0 Å². The van der Waals surface area contributed by atoms with E-state index in [0.717, 1.165) is 38.4 Å². The van der Waals surface area contributed by atoms with Crippen molar-refractivity contribution in [2.45, 2.75) is 13.3 Å². The molecule has 0 saturated heterocycles. The number of aryl methyl sites for hydroxylation is 1. The first-order valence-electron chi connectivity index (χ1n) is 6.39. The average molecular weight is 329 g/mol. The number of benzene rings is 2. The molecular formula is C17H13BrO2. The Morgan fingerprint density at radius 2 is 1.95 bits per heavy atom. The minimum atomic E-state index is 0.412. The number of rotatable bonds is 3. The number of fused-ring (bicyclic) bond motifs is 1. The largest absolute Gasteiger partial charge is 0.452 e. The van der Waals surface area contributed by atoms with E-state index >= 15 is 0 Å². The smallest absolute Gasteiger partial charge is 0.185 e. The number of carbonyl (C=O) groups is 1. The third-order valence-corrected chi connectivity index (χ3v) is 3.94. The number of hydrogen-bond donors (Lipinski definition) is 0. The normalized spacial score (nSPS) is 10.9. The Hall–Kier alpha value is -1.87. The van der Waals surface area contributed by atoms with Crippen molar-refractivity contribution in [2.24, 2.45) is 0 Å². The van der Waals surface area contributed by atoms with Crippen LogP contribution in [0.5, 0.6) is 0 Å². The number of carbonyl (C=O) groups excluding carboxylic acids is 1. The van der Waals surface area contributed by atoms with Crippen LogP contribution in [0.25, 0.3) is 11.0 Å². The van der Waals surface area contributed by atoms with Gasteiger partial charge in [0, 0.05) is 17.4 Å². The lowest BCUT2D eigenvalue weighted by atomic mass is 10.0. The Bertz CT molecular complexity index is 773. The summed E-state index contributed by atoms with van der Waals surface area (Å²) in [6, 6.07) is 14.1. The molecule has 100 valence electrons. The summed E-state index contributed by atoms with van der Waals surface area (Å²) in [7, 11) is 0. The summed E-state index contributed by atoms with van der Waals surface area (Å²) in [5.74, 6) is 0.412. The average Bonchev–Trinajstić information content (AvgIpc) is 2.78. The molecule has 0 radical (unpaired) electrons. The van der Waals surface area contributed by atoms with Gasteiger partial charge in [0.05, 0.1) is 4.47 Å². The number of hydrogen-bond acceptors (Lipinski definition) is 2. The van der Waals surface area contributed by atoms with Gasteiger partial charge in [-0.15, -0.1) is 0 Å². The van der Waals surface area contributed by atoms with Crippen molar-refractivity contribution in [3.8, 4) is 0 Å². The maximum Gasteiger partial charge on any atom is 0.185 e. The Labute approximate surface area is 125 Å². The minimum Gasteiger partial charge on any atom is -0.452 e. The van der Waals surface area contributed by atoms with Crippen molar-refractivity contribution in [3.63, 3.8) is 0 Å². The summed E-state index contributed by atoms with van der Waals surface area (Å²) in [4.78, 5) is 11.3. The quantitative estimate of drug-likeness (QED) is 0.639. The highest BCUT2D eigenvalue weighted by atomic mass is 79.9. The molecule has 1 aromatic heterocycles. The van der Waals surface area contributed by atoms with Crippen LogP contribution in [0.3, 0.4) is 0 Å². The van der Waals surface area contributed by atoms with Gasteiger partial charge in [0.2, 0.25) is 0 Å². The minimum absolute atomic E-state index is 0.412. The van der Waals surface area contributed by atoms with Crippen molar-refractivity contribution >= 4 is 33.2 Å². The second-order valence-electron chi connectivity index (χ2n) is 4.85. The highest BCUT2D eigenvalue weighted by molar-refractivity contribution is 9.10. The molecule has 20 heavy (non-hydrogen) atoms. The van der Waals surface area contributed by atoms with E-state index in [1.54, 1.807) is 0 Å². The van der Waals surface area contributed by atoms with E-state index in [2.05, 4.69) is 34.1 Å². The van der Waals surface area contributed by atoms with E-state index in [1.807, 2.05) is 31.2 Å². The van der Waals surface area contributed by atoms with Crippen molar-refractivity contribution in [1.82, 2.24) is 0 Å². The van der Waals surface area contributed by atoms with E-state index in [9.17, 15) is 4.79 Å². The van der Waals surface area contributed by atoms with E-state index in [4.69, 9.17) is 4.42 Å². The van der Waals surface area contributed by atoms with E-state index in [-0.39, 0.29) is 0 Å². The number of halogens is 1. The molecule has 2 aromatic carbocycles. The molecule has 0 aliphatic carbocycles. The molecule has 0 aliphatic heterocycles. The zero-order valence-electron chi connectivity index (χ0n) is 11.0. The first-order valence-corrected chi connectivity index (χ1v) is 7.19. The molecule has 0 amide bonds. The van der Waals surface area contributed by atoms with Gasteiger partial charge < -0.3 is 4.42 Å². The molecule has 0 fully saturated rings. The maximum atomic E-state index is 11.3. The van der Waals surface area contributed by atoms with Gasteiger partial charge in [-0.05, 0) is 46.1 Å². The topological polar surface area (TPSA) is 30.2 Å². The van der Waals surface area contributed by atoms with Gasteiger partial charge in [0.15, 0.2) is 12.0 Å². The van der Waals surface area contributed by atoms with Crippen LogP contribution in [0.4, 0.5) is 0 Å². The first kappa shape index (κ1) is 13.1. The van der Waals surface area contributed by atoms with E-state index in [0.29, 0.717) is 12.2 Å². The fraction of sp³-hybridized carbons (Fsp3) is 0.118. The van der Waals surface area contributed by atoms with E-state index in [1.165, 1.54) is 0 Å². The number of furan rings is 1. The van der Waals surface area contributed by atoms with Crippen molar-refractivity contribution in [1.29, 1.82) is 0 Å². The molecule has 3 heteroatoms. The Morgan fingerprint density at radius 3 is 2.65 bits per heavy atom. The Morgan fingerprint density at radius 1 is 1.20 bits per heavy atom. The van der Waals surface area contributed by atoms with E-state index < -0.39 is 0 Å². The molecule has 3 aromatic rings. The standard InChI is InChI=1S/C17H13BrO2/c1-11-7-14-13(9-12-5-3-2-4-6-12)16(10-19)20-17(14)15(18)8-11/h2-8,10H,9H2,1H3. The molecule has 0 N–H and O–H groups in total. The molecule has 0 saturated carbocycles. The monoisotopic (exact) mass is 328 g/mol. The van der Waals surface area contributed by atoms with Gasteiger partial charge in [-0.2, -0.15) is 0 Å². The Balaban J connectivity index is 2.20. The van der Waals surface area contributed by atoms with Crippen LogP contribution in [0, 0.1) is 6.92 Å². The second-order valence-corrected chi connectivity index (χ2v) is 5.70. The van der Waals surface area contributed by atoms with Crippen molar-refractivity contribution in [2.75, 3.05) is 0 Å². The van der Waals surface area contributed by atoms with Crippen LogP contribution in [0.15, 0.2) is 51.4 Å². The lowest BCUT2D eigenvalue weighted by Gasteiger charge is -2.01. The summed E-state index contributed by atoms with van der Waals surface area (Å²) >= 11 is 3.50. The first-order chi connectivity index (χ1) is 9.69. The summed E-state index contributed by atoms with van der Waals surface area (Å²) in [5.41, 5.74) is 3.99. The van der Waals surface area contributed by atoms with Gasteiger partial charge in [0.1, 0.15) is 5.58 Å². The summed E-state index contributed by atoms with van der Waals surface area (Å²) in [6.45, 7) is 2.03. The van der Waals surface area contributed by atoms with Gasteiger partial charge in [0.25, 0.3) is 0 Å². The maximum absolute atomic E-state index is 11.3. The lowest BCUT2D eigenvalue weighted by molar-refractivity contribution is 0.110. The molecule has 1 heterocycles. The zero-order chi connectivity index (χ0) is 14.1. The summed E-state index contributed by atoms with van der Waals surface area (Å²) in [6.07, 6.45) is 1.48. The molecule has 0 spiro atoms. The predicted molar refractivity (Wildman–Crippen MR) is 83.3 cm³/mol. The highest BCUT2D eigenvalue weighted by Gasteiger charge is 2.16. The highest BCUT2D eigenvalue weighted by Crippen LogP contribution is 2.33. The molecule has 0 unspecified atom stereocenters. The molecule has 0 aliphatic rings. The van der Waals surface area contributed by atoms with Crippen molar-refractivity contribution < 1.29 is 9.21 Å². The summed E-state index contributed by atoms with van der Waals surface area (Å²) < 4.78 is 6.58. The molecule has 0 bridgehead atoms.